The normalized spacial score (nSPS) is 17.1. The molecule has 1 atom stereocenters. The summed E-state index contributed by atoms with van der Waals surface area (Å²) in [6.07, 6.45) is 2.64. The van der Waals surface area contributed by atoms with Gasteiger partial charge in [0.05, 0.1) is 25.7 Å². The van der Waals surface area contributed by atoms with Gasteiger partial charge in [-0.05, 0) is 49.6 Å². The van der Waals surface area contributed by atoms with Crippen LogP contribution in [0.15, 0.2) is 54.6 Å². The Morgan fingerprint density at radius 1 is 1.14 bits per heavy atom. The molecular formula is C24H32N2O3. The number of morpholine rings is 1. The van der Waals surface area contributed by atoms with E-state index in [4.69, 9.17) is 9.47 Å². The minimum Gasteiger partial charge on any atom is -0.494 e. The number of carbonyl (C=O) groups is 1. The number of ether oxygens (including phenoxy) is 2. The van der Waals surface area contributed by atoms with Crippen LogP contribution in [0, 0.1) is 0 Å². The fraction of sp³-hybridized carbons (Fsp3) is 0.458. The smallest absolute Gasteiger partial charge is 0.224 e. The largest absolute Gasteiger partial charge is 0.494 e. The van der Waals surface area contributed by atoms with E-state index < -0.39 is 0 Å². The highest BCUT2D eigenvalue weighted by Crippen LogP contribution is 2.22. The maximum atomic E-state index is 12.1. The third-order valence-electron chi connectivity index (χ3n) is 5.14. The molecule has 0 radical (unpaired) electrons. The lowest BCUT2D eigenvalue weighted by molar-refractivity contribution is -0.120. The Morgan fingerprint density at radius 2 is 1.93 bits per heavy atom. The van der Waals surface area contributed by atoms with Gasteiger partial charge < -0.3 is 14.8 Å². The summed E-state index contributed by atoms with van der Waals surface area (Å²) in [5, 5.41) is 3.03. The van der Waals surface area contributed by atoms with Crippen molar-refractivity contribution in [1.29, 1.82) is 0 Å². The number of rotatable bonds is 10. The Kier molecular flexibility index (Phi) is 8.53. The van der Waals surface area contributed by atoms with Gasteiger partial charge in [-0.25, -0.2) is 0 Å². The second kappa shape index (κ2) is 11.6. The van der Waals surface area contributed by atoms with Crippen LogP contribution >= 0.6 is 0 Å². The van der Waals surface area contributed by atoms with Crippen LogP contribution in [0.3, 0.4) is 0 Å². The molecule has 0 spiro atoms. The quantitative estimate of drug-likeness (QED) is 0.624. The zero-order valence-electron chi connectivity index (χ0n) is 17.3. The third kappa shape index (κ3) is 7.18. The van der Waals surface area contributed by atoms with Gasteiger partial charge in [0.2, 0.25) is 5.91 Å². The van der Waals surface area contributed by atoms with Crippen molar-refractivity contribution in [2.24, 2.45) is 0 Å². The molecule has 1 saturated heterocycles. The van der Waals surface area contributed by atoms with E-state index in [2.05, 4.69) is 34.5 Å². The van der Waals surface area contributed by atoms with Crippen molar-refractivity contribution in [2.45, 2.75) is 32.3 Å². The van der Waals surface area contributed by atoms with Crippen molar-refractivity contribution < 1.29 is 14.3 Å². The summed E-state index contributed by atoms with van der Waals surface area (Å²) in [5.41, 5.74) is 2.25. The minimum absolute atomic E-state index is 0.0738. The molecule has 1 fully saturated rings. The first kappa shape index (κ1) is 21.3. The maximum Gasteiger partial charge on any atom is 0.224 e. The maximum absolute atomic E-state index is 12.1. The first-order chi connectivity index (χ1) is 14.2. The number of carbonyl (C=O) groups excluding carboxylic acids is 1. The van der Waals surface area contributed by atoms with Gasteiger partial charge in [0.25, 0.3) is 0 Å². The Labute approximate surface area is 174 Å². The van der Waals surface area contributed by atoms with Crippen molar-refractivity contribution in [1.82, 2.24) is 10.2 Å². The summed E-state index contributed by atoms with van der Waals surface area (Å²) in [6, 6.07) is 18.2. The number of amides is 1. The molecule has 1 amide bonds. The molecule has 5 heteroatoms. The van der Waals surface area contributed by atoms with Gasteiger partial charge in [0.15, 0.2) is 0 Å². The van der Waals surface area contributed by atoms with Gasteiger partial charge in [0, 0.05) is 19.6 Å². The van der Waals surface area contributed by atoms with E-state index in [1.54, 1.807) is 0 Å². The van der Waals surface area contributed by atoms with Crippen molar-refractivity contribution in [3.05, 3.63) is 65.7 Å². The Hall–Kier alpha value is -2.37. The lowest BCUT2D eigenvalue weighted by Gasteiger charge is -2.33. The van der Waals surface area contributed by atoms with Crippen molar-refractivity contribution in [2.75, 3.05) is 39.4 Å². The number of unbranched alkanes of at least 4 members (excludes halogenated alkanes) is 1. The topological polar surface area (TPSA) is 50.8 Å². The minimum atomic E-state index is 0.0738. The van der Waals surface area contributed by atoms with E-state index in [0.717, 1.165) is 56.9 Å². The SMILES string of the molecule is CCOc1ccc(CC(=O)NCCCCN2CCOC(c3ccccc3)C2)cc1. The van der Waals surface area contributed by atoms with Crippen LogP contribution in [-0.4, -0.2) is 50.2 Å². The van der Waals surface area contributed by atoms with Gasteiger partial charge in [-0.1, -0.05) is 42.5 Å². The number of nitrogens with zero attached hydrogens (tertiary/aromatic N) is 1. The lowest BCUT2D eigenvalue weighted by Crippen LogP contribution is -2.39. The van der Waals surface area contributed by atoms with Gasteiger partial charge in [-0.3, -0.25) is 9.69 Å². The Balaban J connectivity index is 1.29. The second-order valence-electron chi connectivity index (χ2n) is 7.38. The summed E-state index contributed by atoms with van der Waals surface area (Å²) in [7, 11) is 0. The van der Waals surface area contributed by atoms with Crippen LogP contribution in [0.1, 0.15) is 37.0 Å². The third-order valence-corrected chi connectivity index (χ3v) is 5.14. The molecule has 5 nitrogen and oxygen atoms in total. The number of nitrogens with one attached hydrogen (secondary N) is 1. The number of hydrogen-bond donors (Lipinski definition) is 1. The Morgan fingerprint density at radius 3 is 2.69 bits per heavy atom. The number of hydrogen-bond acceptors (Lipinski definition) is 4. The summed E-state index contributed by atoms with van der Waals surface area (Å²) in [6.45, 7) is 7.07. The van der Waals surface area contributed by atoms with Crippen molar-refractivity contribution in [3.8, 4) is 5.75 Å². The molecule has 2 aromatic carbocycles. The van der Waals surface area contributed by atoms with Gasteiger partial charge in [-0.15, -0.1) is 0 Å². The molecule has 29 heavy (non-hydrogen) atoms. The van der Waals surface area contributed by atoms with Crippen LogP contribution in [0.2, 0.25) is 0 Å². The molecule has 1 aliphatic heterocycles. The van der Waals surface area contributed by atoms with E-state index in [1.165, 1.54) is 5.56 Å². The van der Waals surface area contributed by atoms with Gasteiger partial charge in [0.1, 0.15) is 5.75 Å². The second-order valence-corrected chi connectivity index (χ2v) is 7.38. The van der Waals surface area contributed by atoms with Gasteiger partial charge in [-0.2, -0.15) is 0 Å². The summed E-state index contributed by atoms with van der Waals surface area (Å²) in [5.74, 6) is 0.916. The molecule has 0 aliphatic carbocycles. The van der Waals surface area contributed by atoms with Crippen LogP contribution < -0.4 is 10.1 Å². The highest BCUT2D eigenvalue weighted by molar-refractivity contribution is 5.78. The van der Waals surface area contributed by atoms with E-state index in [-0.39, 0.29) is 12.0 Å². The molecule has 156 valence electrons. The zero-order valence-corrected chi connectivity index (χ0v) is 17.3. The van der Waals surface area contributed by atoms with E-state index in [1.807, 2.05) is 37.3 Å². The monoisotopic (exact) mass is 396 g/mol. The molecule has 1 N–H and O–H groups in total. The molecule has 0 saturated carbocycles. The summed E-state index contributed by atoms with van der Waals surface area (Å²) in [4.78, 5) is 14.6. The van der Waals surface area contributed by atoms with Crippen LogP contribution in [-0.2, 0) is 16.0 Å². The summed E-state index contributed by atoms with van der Waals surface area (Å²) < 4.78 is 11.4. The molecule has 2 aromatic rings. The van der Waals surface area contributed by atoms with Crippen molar-refractivity contribution in [3.63, 3.8) is 0 Å². The van der Waals surface area contributed by atoms with E-state index >= 15 is 0 Å². The van der Waals surface area contributed by atoms with E-state index in [0.29, 0.717) is 13.0 Å². The molecule has 0 bridgehead atoms. The summed E-state index contributed by atoms with van der Waals surface area (Å²) >= 11 is 0. The fourth-order valence-corrected chi connectivity index (χ4v) is 3.58. The fourth-order valence-electron chi connectivity index (χ4n) is 3.58. The van der Waals surface area contributed by atoms with Crippen LogP contribution in [0.25, 0.3) is 0 Å². The first-order valence-corrected chi connectivity index (χ1v) is 10.6. The molecule has 1 aliphatic rings. The predicted molar refractivity (Wildman–Crippen MR) is 115 cm³/mol. The highest BCUT2D eigenvalue weighted by atomic mass is 16.5. The zero-order chi connectivity index (χ0) is 20.3. The van der Waals surface area contributed by atoms with Crippen LogP contribution in [0.5, 0.6) is 5.75 Å². The van der Waals surface area contributed by atoms with Crippen LogP contribution in [0.4, 0.5) is 0 Å². The first-order valence-electron chi connectivity index (χ1n) is 10.6. The molecule has 0 aromatic heterocycles. The molecule has 3 rings (SSSR count). The lowest BCUT2D eigenvalue weighted by atomic mass is 10.1. The highest BCUT2D eigenvalue weighted by Gasteiger charge is 2.21. The predicted octanol–water partition coefficient (Wildman–Crippen LogP) is 3.60. The van der Waals surface area contributed by atoms with Crippen molar-refractivity contribution >= 4 is 5.91 Å². The standard InChI is InChI=1S/C24H32N2O3/c1-2-28-22-12-10-20(11-13-22)18-24(27)25-14-6-7-15-26-16-17-29-23(19-26)21-8-4-3-5-9-21/h3-5,8-13,23H,2,6-7,14-19H2,1H3,(H,25,27). The molecule has 1 heterocycles. The van der Waals surface area contributed by atoms with Gasteiger partial charge >= 0.3 is 0 Å². The molecule has 1 unspecified atom stereocenters. The average Bonchev–Trinajstić information content (AvgIpc) is 2.76. The van der Waals surface area contributed by atoms with E-state index in [9.17, 15) is 4.79 Å². The Bertz CT molecular complexity index is 734. The molecular weight excluding hydrogens is 364 g/mol. The number of benzene rings is 2. The average molecular weight is 397 g/mol.